The number of nitrogens with zero attached hydrogens (tertiary/aromatic N) is 4. The second-order valence-electron chi connectivity index (χ2n) is 4.19. The van der Waals surface area contributed by atoms with Crippen molar-refractivity contribution in [3.8, 4) is 11.5 Å². The van der Waals surface area contributed by atoms with E-state index in [2.05, 4.69) is 20.5 Å². The Labute approximate surface area is 98.8 Å². The molecule has 0 radical (unpaired) electrons. The first-order chi connectivity index (χ1) is 8.28. The number of hydrogen-bond acceptors (Lipinski definition) is 5. The molecule has 3 rings (SSSR count). The molecule has 17 heavy (non-hydrogen) atoms. The van der Waals surface area contributed by atoms with Crippen LogP contribution < -0.4 is 11.3 Å². The summed E-state index contributed by atoms with van der Waals surface area (Å²) >= 11 is 0. The fourth-order valence-corrected chi connectivity index (χ4v) is 2.20. The van der Waals surface area contributed by atoms with Crippen LogP contribution in [0.3, 0.4) is 0 Å². The van der Waals surface area contributed by atoms with Gasteiger partial charge in [0.25, 0.3) is 0 Å². The van der Waals surface area contributed by atoms with Crippen molar-refractivity contribution in [2.45, 2.75) is 19.3 Å². The summed E-state index contributed by atoms with van der Waals surface area (Å²) in [6, 6.07) is 1.90. The number of hydrazine groups is 1. The first-order valence-electron chi connectivity index (χ1n) is 5.64. The maximum atomic E-state index is 5.51. The van der Waals surface area contributed by atoms with Gasteiger partial charge in [-0.25, -0.2) is 15.8 Å². The Balaban J connectivity index is 2.12. The first kappa shape index (κ1) is 10.2. The predicted molar refractivity (Wildman–Crippen MR) is 64.1 cm³/mol. The monoisotopic (exact) mass is 230 g/mol. The number of nitrogen functional groups attached to an aromatic ring is 1. The standard InChI is InChI=1S/C11H14N6/c1-17-6-5-9(16-17)11-13-8-4-2-3-7(8)10(14-11)15-12/h5-6H,2-4,12H2,1H3,(H,13,14,15). The van der Waals surface area contributed by atoms with E-state index in [-0.39, 0.29) is 0 Å². The molecule has 6 heteroatoms. The third-order valence-corrected chi connectivity index (χ3v) is 3.01. The van der Waals surface area contributed by atoms with Gasteiger partial charge in [0.2, 0.25) is 0 Å². The second-order valence-corrected chi connectivity index (χ2v) is 4.19. The van der Waals surface area contributed by atoms with Crippen LogP contribution in [0.15, 0.2) is 12.3 Å². The van der Waals surface area contributed by atoms with Crippen LogP contribution in [0.5, 0.6) is 0 Å². The van der Waals surface area contributed by atoms with Crippen LogP contribution in [0.4, 0.5) is 5.82 Å². The highest BCUT2D eigenvalue weighted by Gasteiger charge is 2.20. The highest BCUT2D eigenvalue weighted by atomic mass is 15.3. The van der Waals surface area contributed by atoms with Crippen LogP contribution in [-0.2, 0) is 19.9 Å². The normalized spacial score (nSPS) is 13.8. The van der Waals surface area contributed by atoms with Gasteiger partial charge in [-0.2, -0.15) is 5.10 Å². The molecule has 6 nitrogen and oxygen atoms in total. The molecule has 0 bridgehead atoms. The number of nitrogens with two attached hydrogens (primary N) is 1. The number of hydrogen-bond donors (Lipinski definition) is 2. The number of aryl methyl sites for hydroxylation is 2. The van der Waals surface area contributed by atoms with E-state index in [1.807, 2.05) is 19.3 Å². The van der Waals surface area contributed by atoms with Crippen molar-refractivity contribution in [2.75, 3.05) is 5.43 Å². The Bertz CT molecular complexity index is 559. The van der Waals surface area contributed by atoms with Crippen molar-refractivity contribution in [3.05, 3.63) is 23.5 Å². The number of rotatable bonds is 2. The molecule has 0 aromatic carbocycles. The minimum atomic E-state index is 0.638. The summed E-state index contributed by atoms with van der Waals surface area (Å²) in [5.41, 5.74) is 5.67. The van der Waals surface area contributed by atoms with Gasteiger partial charge in [0.1, 0.15) is 11.5 Å². The molecule has 0 unspecified atom stereocenters. The molecule has 2 aromatic rings. The summed E-state index contributed by atoms with van der Waals surface area (Å²) in [5.74, 6) is 6.88. The largest absolute Gasteiger partial charge is 0.308 e. The molecule has 0 spiro atoms. The summed E-state index contributed by atoms with van der Waals surface area (Å²) in [6.07, 6.45) is 4.98. The zero-order chi connectivity index (χ0) is 11.8. The van der Waals surface area contributed by atoms with Gasteiger partial charge in [-0.15, -0.1) is 0 Å². The SMILES string of the molecule is Cn1ccc(-c2nc3c(c(NN)n2)CCC3)n1. The smallest absolute Gasteiger partial charge is 0.182 e. The summed E-state index contributed by atoms with van der Waals surface area (Å²) in [5, 5.41) is 4.30. The minimum Gasteiger partial charge on any atom is -0.308 e. The third-order valence-electron chi connectivity index (χ3n) is 3.01. The molecule has 0 aliphatic heterocycles. The summed E-state index contributed by atoms with van der Waals surface area (Å²) in [4.78, 5) is 8.99. The molecule has 0 atom stereocenters. The first-order valence-corrected chi connectivity index (χ1v) is 5.64. The second kappa shape index (κ2) is 3.81. The average molecular weight is 230 g/mol. The van der Waals surface area contributed by atoms with E-state index in [4.69, 9.17) is 5.84 Å². The quantitative estimate of drug-likeness (QED) is 0.585. The van der Waals surface area contributed by atoms with Crippen LogP contribution in [-0.4, -0.2) is 19.7 Å². The summed E-state index contributed by atoms with van der Waals surface area (Å²) in [6.45, 7) is 0. The van der Waals surface area contributed by atoms with Crippen molar-refractivity contribution < 1.29 is 0 Å². The van der Waals surface area contributed by atoms with Gasteiger partial charge in [0.15, 0.2) is 5.82 Å². The number of nitrogens with one attached hydrogen (secondary N) is 1. The van der Waals surface area contributed by atoms with Gasteiger partial charge >= 0.3 is 0 Å². The molecular formula is C11H14N6. The van der Waals surface area contributed by atoms with E-state index in [1.165, 1.54) is 0 Å². The fraction of sp³-hybridized carbons (Fsp3) is 0.364. The van der Waals surface area contributed by atoms with Crippen molar-refractivity contribution in [1.82, 2.24) is 19.7 Å². The Morgan fingerprint density at radius 1 is 1.35 bits per heavy atom. The van der Waals surface area contributed by atoms with Crippen molar-refractivity contribution in [3.63, 3.8) is 0 Å². The van der Waals surface area contributed by atoms with Crippen LogP contribution in [0, 0.1) is 0 Å². The van der Waals surface area contributed by atoms with E-state index in [1.54, 1.807) is 4.68 Å². The molecule has 0 saturated heterocycles. The van der Waals surface area contributed by atoms with Crippen molar-refractivity contribution in [1.29, 1.82) is 0 Å². The Kier molecular flexibility index (Phi) is 2.29. The highest BCUT2D eigenvalue weighted by molar-refractivity contribution is 5.57. The van der Waals surface area contributed by atoms with Gasteiger partial charge in [-0.3, -0.25) is 4.68 Å². The van der Waals surface area contributed by atoms with Gasteiger partial charge in [-0.05, 0) is 25.3 Å². The zero-order valence-corrected chi connectivity index (χ0v) is 9.64. The summed E-state index contributed by atoms with van der Waals surface area (Å²) < 4.78 is 1.74. The van der Waals surface area contributed by atoms with E-state index < -0.39 is 0 Å². The molecule has 0 fully saturated rings. The lowest BCUT2D eigenvalue weighted by molar-refractivity contribution is 0.768. The molecule has 1 aliphatic rings. The van der Waals surface area contributed by atoms with Crippen LogP contribution in [0.1, 0.15) is 17.7 Å². The lowest BCUT2D eigenvalue weighted by atomic mass is 10.2. The molecule has 2 heterocycles. The lowest BCUT2D eigenvalue weighted by Gasteiger charge is -2.07. The summed E-state index contributed by atoms with van der Waals surface area (Å²) in [7, 11) is 1.87. The lowest BCUT2D eigenvalue weighted by Crippen LogP contribution is -2.13. The van der Waals surface area contributed by atoms with Gasteiger partial charge in [0.05, 0.1) is 0 Å². The molecule has 88 valence electrons. The topological polar surface area (TPSA) is 81.7 Å². The average Bonchev–Trinajstić information content (AvgIpc) is 2.95. The van der Waals surface area contributed by atoms with Gasteiger partial charge < -0.3 is 5.43 Å². The maximum absolute atomic E-state index is 5.51. The molecular weight excluding hydrogens is 216 g/mol. The van der Waals surface area contributed by atoms with Crippen LogP contribution in [0.2, 0.25) is 0 Å². The zero-order valence-electron chi connectivity index (χ0n) is 9.64. The van der Waals surface area contributed by atoms with Crippen LogP contribution in [0.25, 0.3) is 11.5 Å². The molecule has 1 aliphatic carbocycles. The number of fused-ring (bicyclic) bond motifs is 1. The molecule has 2 aromatic heterocycles. The number of anilines is 1. The highest BCUT2D eigenvalue weighted by Crippen LogP contribution is 2.27. The minimum absolute atomic E-state index is 0.638. The Morgan fingerprint density at radius 3 is 2.94 bits per heavy atom. The van der Waals surface area contributed by atoms with E-state index in [0.717, 1.165) is 42.0 Å². The Hall–Kier alpha value is -1.95. The van der Waals surface area contributed by atoms with Crippen molar-refractivity contribution in [2.24, 2.45) is 12.9 Å². The molecule has 3 N–H and O–H groups in total. The van der Waals surface area contributed by atoms with E-state index >= 15 is 0 Å². The molecule has 0 saturated carbocycles. The van der Waals surface area contributed by atoms with E-state index in [0.29, 0.717) is 5.82 Å². The predicted octanol–water partition coefficient (Wildman–Crippen LogP) is 0.651. The molecule has 0 amide bonds. The fourth-order valence-electron chi connectivity index (χ4n) is 2.20. The van der Waals surface area contributed by atoms with Crippen molar-refractivity contribution >= 4 is 5.82 Å². The van der Waals surface area contributed by atoms with Gasteiger partial charge in [0, 0.05) is 24.5 Å². The maximum Gasteiger partial charge on any atom is 0.182 e. The Morgan fingerprint density at radius 2 is 2.24 bits per heavy atom. The van der Waals surface area contributed by atoms with Crippen LogP contribution >= 0.6 is 0 Å². The number of aromatic nitrogens is 4. The van der Waals surface area contributed by atoms with E-state index in [9.17, 15) is 0 Å². The third kappa shape index (κ3) is 1.66. The van der Waals surface area contributed by atoms with Gasteiger partial charge in [-0.1, -0.05) is 0 Å².